The molecular formula is C19H12N4O4. The van der Waals surface area contributed by atoms with Crippen LogP contribution >= 0.6 is 0 Å². The molecule has 8 nitrogen and oxygen atoms in total. The molecule has 8 heteroatoms. The van der Waals surface area contributed by atoms with E-state index in [0.29, 0.717) is 10.9 Å². The number of aromatic nitrogens is 1. The van der Waals surface area contributed by atoms with Crippen molar-refractivity contribution in [3.05, 3.63) is 91.6 Å². The summed E-state index contributed by atoms with van der Waals surface area (Å²) in [6.07, 6.45) is 0. The molecule has 1 aliphatic heterocycles. The molecule has 132 valence electrons. The van der Waals surface area contributed by atoms with Crippen LogP contribution in [0.5, 0.6) is 5.75 Å². The minimum atomic E-state index is -1.01. The summed E-state index contributed by atoms with van der Waals surface area (Å²) in [6.45, 7) is 0. The largest absolute Gasteiger partial charge is 0.439 e. The lowest BCUT2D eigenvalue weighted by Gasteiger charge is -2.26. The Bertz CT molecular complexity index is 1240. The zero-order valence-corrected chi connectivity index (χ0v) is 13.8. The standard InChI is InChI=1S/C19H12N4O4/c20-9-12-15(11-6-2-4-8-14(11)23(25)26)16-17(27-18(12)21)10-5-1-3-7-13(10)22-19(16)24/h1-8,15H,21H2,(H,22,24)/t15-/m0/s1. The van der Waals surface area contributed by atoms with Crippen molar-refractivity contribution >= 4 is 16.6 Å². The molecule has 27 heavy (non-hydrogen) atoms. The topological polar surface area (TPSA) is 135 Å². The maximum Gasteiger partial charge on any atom is 0.273 e. The second kappa shape index (κ2) is 6.00. The summed E-state index contributed by atoms with van der Waals surface area (Å²) in [5.41, 5.74) is 6.07. The lowest BCUT2D eigenvalue weighted by molar-refractivity contribution is -0.385. The van der Waals surface area contributed by atoms with Gasteiger partial charge in [-0.15, -0.1) is 0 Å². The Morgan fingerprint density at radius 1 is 1.19 bits per heavy atom. The number of nitrogens with two attached hydrogens (primary N) is 1. The van der Waals surface area contributed by atoms with Crippen molar-refractivity contribution in [1.82, 2.24) is 4.98 Å². The van der Waals surface area contributed by atoms with Gasteiger partial charge in [-0.3, -0.25) is 14.9 Å². The molecule has 1 atom stereocenters. The molecule has 0 amide bonds. The number of rotatable bonds is 2. The highest BCUT2D eigenvalue weighted by atomic mass is 16.6. The summed E-state index contributed by atoms with van der Waals surface area (Å²) < 4.78 is 5.63. The number of pyridine rings is 1. The average molecular weight is 360 g/mol. The Labute approximate surface area is 152 Å². The van der Waals surface area contributed by atoms with Crippen molar-refractivity contribution in [3.8, 4) is 11.8 Å². The first-order valence-corrected chi connectivity index (χ1v) is 7.98. The monoisotopic (exact) mass is 360 g/mol. The number of nitro benzene ring substituents is 1. The van der Waals surface area contributed by atoms with Crippen molar-refractivity contribution < 1.29 is 9.66 Å². The van der Waals surface area contributed by atoms with Gasteiger partial charge >= 0.3 is 0 Å². The third kappa shape index (κ3) is 2.41. The van der Waals surface area contributed by atoms with E-state index in [1.165, 1.54) is 18.2 Å². The number of nitriles is 1. The Balaban J connectivity index is 2.12. The SMILES string of the molecule is N#CC1=C(N)Oc2c(c(=O)[nH]c3ccccc23)[C@H]1c1ccccc1[N+](=O)[O-]. The van der Waals surface area contributed by atoms with Crippen LogP contribution in [0.2, 0.25) is 0 Å². The summed E-state index contributed by atoms with van der Waals surface area (Å²) in [6, 6.07) is 14.9. The molecule has 3 aromatic rings. The van der Waals surface area contributed by atoms with Gasteiger partial charge in [-0.05, 0) is 12.1 Å². The molecule has 2 heterocycles. The van der Waals surface area contributed by atoms with Gasteiger partial charge in [0, 0.05) is 17.0 Å². The first-order valence-electron chi connectivity index (χ1n) is 7.98. The first kappa shape index (κ1) is 16.4. The number of hydrogen-bond acceptors (Lipinski definition) is 6. The number of nitrogens with zero attached hydrogens (tertiary/aromatic N) is 2. The number of para-hydroxylation sites is 2. The molecule has 0 saturated carbocycles. The maximum atomic E-state index is 12.8. The molecule has 0 spiro atoms. The normalized spacial score (nSPS) is 15.7. The molecule has 0 unspecified atom stereocenters. The molecule has 0 radical (unpaired) electrons. The molecule has 1 aliphatic rings. The number of fused-ring (bicyclic) bond motifs is 3. The van der Waals surface area contributed by atoms with Gasteiger partial charge in [-0.2, -0.15) is 5.26 Å². The quantitative estimate of drug-likeness (QED) is 0.533. The lowest BCUT2D eigenvalue weighted by atomic mass is 9.82. The van der Waals surface area contributed by atoms with E-state index >= 15 is 0 Å². The molecule has 4 rings (SSSR count). The van der Waals surface area contributed by atoms with Crippen molar-refractivity contribution in [1.29, 1.82) is 5.26 Å². The van der Waals surface area contributed by atoms with Crippen LogP contribution in [0.4, 0.5) is 5.69 Å². The number of ether oxygens (including phenoxy) is 1. The first-order chi connectivity index (χ1) is 13.0. The second-order valence-electron chi connectivity index (χ2n) is 5.98. The summed E-state index contributed by atoms with van der Waals surface area (Å²) in [7, 11) is 0. The van der Waals surface area contributed by atoms with E-state index in [0.717, 1.165) is 0 Å². The highest BCUT2D eigenvalue weighted by molar-refractivity contribution is 5.87. The number of hydrogen-bond donors (Lipinski definition) is 2. The zero-order chi connectivity index (χ0) is 19.1. The van der Waals surface area contributed by atoms with Crippen LogP contribution in [-0.4, -0.2) is 9.91 Å². The molecule has 0 bridgehead atoms. The number of benzene rings is 2. The highest BCUT2D eigenvalue weighted by Gasteiger charge is 2.37. The molecule has 2 aromatic carbocycles. The Morgan fingerprint density at radius 3 is 2.63 bits per heavy atom. The van der Waals surface area contributed by atoms with Gasteiger partial charge in [-0.25, -0.2) is 0 Å². The predicted molar refractivity (Wildman–Crippen MR) is 97.0 cm³/mol. The van der Waals surface area contributed by atoms with E-state index in [2.05, 4.69) is 4.98 Å². The van der Waals surface area contributed by atoms with Crippen LogP contribution in [0, 0.1) is 21.4 Å². The van der Waals surface area contributed by atoms with Crippen LogP contribution < -0.4 is 16.0 Å². The average Bonchev–Trinajstić information content (AvgIpc) is 2.67. The molecular weight excluding hydrogens is 348 g/mol. The Hall–Kier alpha value is -4.12. The molecule has 0 aliphatic carbocycles. The number of nitrogens with one attached hydrogen (secondary N) is 1. The van der Waals surface area contributed by atoms with Crippen LogP contribution in [0.25, 0.3) is 10.9 Å². The van der Waals surface area contributed by atoms with Gasteiger partial charge in [0.2, 0.25) is 5.88 Å². The van der Waals surface area contributed by atoms with Crippen molar-refractivity contribution in [2.45, 2.75) is 5.92 Å². The maximum absolute atomic E-state index is 12.8. The van der Waals surface area contributed by atoms with E-state index in [-0.39, 0.29) is 34.0 Å². The molecule has 0 fully saturated rings. The van der Waals surface area contributed by atoms with Gasteiger partial charge < -0.3 is 15.5 Å². The van der Waals surface area contributed by atoms with E-state index in [1.807, 2.05) is 6.07 Å². The Morgan fingerprint density at radius 2 is 1.89 bits per heavy atom. The fraction of sp³-hybridized carbons (Fsp3) is 0.0526. The van der Waals surface area contributed by atoms with Crippen molar-refractivity contribution in [2.24, 2.45) is 5.73 Å². The summed E-state index contributed by atoms with van der Waals surface area (Å²) in [4.78, 5) is 26.5. The van der Waals surface area contributed by atoms with Crippen molar-refractivity contribution in [2.75, 3.05) is 0 Å². The van der Waals surface area contributed by atoms with Crippen LogP contribution in [0.15, 0.2) is 64.8 Å². The molecule has 1 aromatic heterocycles. The zero-order valence-electron chi connectivity index (χ0n) is 13.8. The van der Waals surface area contributed by atoms with Crippen LogP contribution in [-0.2, 0) is 0 Å². The minimum Gasteiger partial charge on any atom is -0.439 e. The fourth-order valence-corrected chi connectivity index (χ4v) is 3.38. The summed E-state index contributed by atoms with van der Waals surface area (Å²) >= 11 is 0. The third-order valence-corrected chi connectivity index (χ3v) is 4.53. The van der Waals surface area contributed by atoms with Crippen LogP contribution in [0.3, 0.4) is 0 Å². The van der Waals surface area contributed by atoms with Gasteiger partial charge in [0.05, 0.1) is 21.9 Å². The molecule has 0 saturated heterocycles. The van der Waals surface area contributed by atoms with Crippen LogP contribution in [0.1, 0.15) is 17.0 Å². The Kier molecular flexibility index (Phi) is 3.63. The lowest BCUT2D eigenvalue weighted by Crippen LogP contribution is -2.28. The van der Waals surface area contributed by atoms with E-state index < -0.39 is 16.4 Å². The second-order valence-corrected chi connectivity index (χ2v) is 5.98. The third-order valence-electron chi connectivity index (χ3n) is 4.53. The smallest absolute Gasteiger partial charge is 0.273 e. The van der Waals surface area contributed by atoms with Gasteiger partial charge in [0.1, 0.15) is 17.4 Å². The minimum absolute atomic E-state index is 0.0439. The molecule has 3 N–H and O–H groups in total. The van der Waals surface area contributed by atoms with Crippen molar-refractivity contribution in [3.63, 3.8) is 0 Å². The van der Waals surface area contributed by atoms with Gasteiger partial charge in [-0.1, -0.05) is 30.3 Å². The summed E-state index contributed by atoms with van der Waals surface area (Å²) in [5, 5.41) is 21.7. The number of aromatic amines is 1. The number of H-pyrrole nitrogens is 1. The summed E-state index contributed by atoms with van der Waals surface area (Å²) in [5.74, 6) is -0.980. The van der Waals surface area contributed by atoms with E-state index in [4.69, 9.17) is 10.5 Å². The number of nitro groups is 1. The highest BCUT2D eigenvalue weighted by Crippen LogP contribution is 2.45. The van der Waals surface area contributed by atoms with E-state index in [9.17, 15) is 20.2 Å². The van der Waals surface area contributed by atoms with Gasteiger partial charge in [0.25, 0.3) is 11.2 Å². The van der Waals surface area contributed by atoms with E-state index in [1.54, 1.807) is 30.3 Å². The fourth-order valence-electron chi connectivity index (χ4n) is 3.38. The number of allylic oxidation sites excluding steroid dienone is 1. The predicted octanol–water partition coefficient (Wildman–Crippen LogP) is 2.65. The van der Waals surface area contributed by atoms with Gasteiger partial charge in [0.15, 0.2) is 0 Å².